The predicted molar refractivity (Wildman–Crippen MR) is 67.0 cm³/mol. The van der Waals surface area contributed by atoms with Crippen LogP contribution in [0.25, 0.3) is 0 Å². The molecule has 0 aliphatic heterocycles. The number of carbonyl (C=O) groups is 1. The monoisotopic (exact) mass is 272 g/mol. The largest absolute Gasteiger partial charge is 0.477 e. The second-order valence-electron chi connectivity index (χ2n) is 3.94. The van der Waals surface area contributed by atoms with Crippen molar-refractivity contribution in [1.82, 2.24) is 9.29 Å². The molecule has 2 N–H and O–H groups in total. The number of H-pyrrole nitrogens is 1. The number of hydrogen-bond acceptors (Lipinski definition) is 3. The lowest BCUT2D eigenvalue weighted by atomic mass is 10.3. The number of sulfonamides is 1. The van der Waals surface area contributed by atoms with Crippen LogP contribution in [0.5, 0.6) is 0 Å². The Kier molecular flexibility index (Phi) is 4.31. The number of nitrogens with one attached hydrogen (secondary N) is 1. The summed E-state index contributed by atoms with van der Waals surface area (Å²) in [5, 5.41) is 8.75. The zero-order valence-electron chi connectivity index (χ0n) is 10.3. The highest BCUT2D eigenvalue weighted by atomic mass is 32.2. The quantitative estimate of drug-likeness (QED) is 0.764. The van der Waals surface area contributed by atoms with E-state index in [1.807, 2.05) is 0 Å². The molecular formula is C11H16N2O4S. The van der Waals surface area contributed by atoms with E-state index >= 15 is 0 Å². The third-order valence-electron chi connectivity index (χ3n) is 2.32. The second-order valence-corrected chi connectivity index (χ2v) is 5.88. The number of aromatic carboxylic acids is 1. The summed E-state index contributed by atoms with van der Waals surface area (Å²) in [7, 11) is -3.68. The molecule has 0 unspecified atom stereocenters. The standard InChI is InChI=1S/C11H16N2O4S/c1-4-13(7-8(2)3)18(16,17)9-5-10(11(14)15)12-6-9/h5-6,12H,2,4,7H2,1,3H3,(H,14,15). The van der Waals surface area contributed by atoms with Gasteiger partial charge >= 0.3 is 5.97 Å². The molecular weight excluding hydrogens is 256 g/mol. The van der Waals surface area contributed by atoms with Crippen molar-refractivity contribution < 1.29 is 18.3 Å². The molecule has 0 aromatic carbocycles. The molecule has 0 aliphatic rings. The predicted octanol–water partition coefficient (Wildman–Crippen LogP) is 1.30. The molecule has 0 atom stereocenters. The van der Waals surface area contributed by atoms with Crippen LogP contribution >= 0.6 is 0 Å². The molecule has 1 aromatic rings. The summed E-state index contributed by atoms with van der Waals surface area (Å²) in [6.45, 7) is 7.63. The van der Waals surface area contributed by atoms with E-state index in [9.17, 15) is 13.2 Å². The Morgan fingerprint density at radius 2 is 2.17 bits per heavy atom. The van der Waals surface area contributed by atoms with Crippen LogP contribution in [0.2, 0.25) is 0 Å². The molecule has 0 saturated heterocycles. The molecule has 0 saturated carbocycles. The van der Waals surface area contributed by atoms with E-state index in [-0.39, 0.29) is 17.1 Å². The summed E-state index contributed by atoms with van der Waals surface area (Å²) in [6, 6.07) is 1.11. The Bertz CT molecular complexity index is 559. The van der Waals surface area contributed by atoms with Crippen LogP contribution < -0.4 is 0 Å². The van der Waals surface area contributed by atoms with E-state index < -0.39 is 16.0 Å². The van der Waals surface area contributed by atoms with Gasteiger partial charge in [-0.15, -0.1) is 0 Å². The first kappa shape index (κ1) is 14.5. The number of aromatic amines is 1. The lowest BCUT2D eigenvalue weighted by Crippen LogP contribution is -2.32. The van der Waals surface area contributed by atoms with E-state index in [0.29, 0.717) is 6.54 Å². The van der Waals surface area contributed by atoms with E-state index in [4.69, 9.17) is 5.11 Å². The fourth-order valence-corrected chi connectivity index (χ4v) is 2.97. The average Bonchev–Trinajstić information content (AvgIpc) is 2.75. The molecule has 1 rings (SSSR count). The van der Waals surface area contributed by atoms with Crippen LogP contribution in [0.3, 0.4) is 0 Å². The van der Waals surface area contributed by atoms with Gasteiger partial charge in [0, 0.05) is 19.3 Å². The van der Waals surface area contributed by atoms with E-state index in [1.165, 1.54) is 10.5 Å². The average molecular weight is 272 g/mol. The number of likely N-dealkylation sites (N-methyl/N-ethyl adjacent to an activating group) is 1. The third kappa shape index (κ3) is 2.99. The fraction of sp³-hybridized carbons (Fsp3) is 0.364. The van der Waals surface area contributed by atoms with Crippen LogP contribution in [0.15, 0.2) is 29.3 Å². The zero-order valence-corrected chi connectivity index (χ0v) is 11.1. The number of nitrogens with zero attached hydrogens (tertiary/aromatic N) is 1. The van der Waals surface area contributed by atoms with Crippen LogP contribution in [0.4, 0.5) is 0 Å². The van der Waals surface area contributed by atoms with Crippen molar-refractivity contribution in [1.29, 1.82) is 0 Å². The summed E-state index contributed by atoms with van der Waals surface area (Å²) in [6.07, 6.45) is 1.18. The Morgan fingerprint density at radius 3 is 2.56 bits per heavy atom. The molecule has 0 aliphatic carbocycles. The fourth-order valence-electron chi connectivity index (χ4n) is 1.46. The number of rotatable bonds is 6. The van der Waals surface area contributed by atoms with Crippen LogP contribution in [-0.2, 0) is 10.0 Å². The van der Waals surface area contributed by atoms with E-state index in [0.717, 1.165) is 11.6 Å². The third-order valence-corrected chi connectivity index (χ3v) is 4.22. The first-order valence-electron chi connectivity index (χ1n) is 5.35. The Balaban J connectivity index is 3.10. The number of carboxylic acid groups (broad SMARTS) is 1. The van der Waals surface area contributed by atoms with Crippen LogP contribution in [0, 0.1) is 0 Å². The maximum absolute atomic E-state index is 12.2. The Morgan fingerprint density at radius 1 is 1.56 bits per heavy atom. The van der Waals surface area contributed by atoms with Crippen molar-refractivity contribution in [2.24, 2.45) is 0 Å². The Labute approximate surface area is 106 Å². The van der Waals surface area contributed by atoms with Gasteiger partial charge in [0.25, 0.3) is 0 Å². The van der Waals surface area contributed by atoms with Gasteiger partial charge in [0.1, 0.15) is 10.6 Å². The summed E-state index contributed by atoms with van der Waals surface area (Å²) in [5.74, 6) is -1.20. The molecule has 100 valence electrons. The molecule has 18 heavy (non-hydrogen) atoms. The molecule has 0 fully saturated rings. The van der Waals surface area contributed by atoms with Crippen LogP contribution in [-0.4, -0.2) is 41.9 Å². The first-order chi connectivity index (χ1) is 8.28. The van der Waals surface area contributed by atoms with Gasteiger partial charge in [-0.3, -0.25) is 0 Å². The summed E-state index contributed by atoms with van der Waals surface area (Å²) in [5.41, 5.74) is 0.564. The minimum absolute atomic E-state index is 0.0528. The van der Waals surface area contributed by atoms with Crippen molar-refractivity contribution in [2.45, 2.75) is 18.7 Å². The van der Waals surface area contributed by atoms with Gasteiger partial charge in [-0.25, -0.2) is 13.2 Å². The Hall–Kier alpha value is -1.60. The summed E-state index contributed by atoms with van der Waals surface area (Å²) >= 11 is 0. The lowest BCUT2D eigenvalue weighted by Gasteiger charge is -2.19. The van der Waals surface area contributed by atoms with Gasteiger partial charge in [-0.05, 0) is 13.0 Å². The molecule has 6 nitrogen and oxygen atoms in total. The maximum atomic E-state index is 12.2. The second kappa shape index (κ2) is 5.36. The highest BCUT2D eigenvalue weighted by Gasteiger charge is 2.25. The van der Waals surface area contributed by atoms with Gasteiger partial charge < -0.3 is 10.1 Å². The van der Waals surface area contributed by atoms with E-state index in [1.54, 1.807) is 13.8 Å². The summed E-state index contributed by atoms with van der Waals surface area (Å²) < 4.78 is 25.7. The minimum atomic E-state index is -3.68. The number of hydrogen-bond donors (Lipinski definition) is 2. The van der Waals surface area contributed by atoms with Crippen molar-refractivity contribution >= 4 is 16.0 Å². The van der Waals surface area contributed by atoms with Crippen molar-refractivity contribution in [3.05, 3.63) is 30.1 Å². The molecule has 7 heteroatoms. The van der Waals surface area contributed by atoms with Crippen molar-refractivity contribution in [2.75, 3.05) is 13.1 Å². The SMILES string of the molecule is C=C(C)CN(CC)S(=O)(=O)c1c[nH]c(C(=O)O)c1. The highest BCUT2D eigenvalue weighted by molar-refractivity contribution is 7.89. The number of aromatic nitrogens is 1. The minimum Gasteiger partial charge on any atom is -0.477 e. The van der Waals surface area contributed by atoms with Gasteiger partial charge in [-0.2, -0.15) is 4.31 Å². The normalized spacial score (nSPS) is 11.7. The molecule has 0 amide bonds. The van der Waals surface area contributed by atoms with Crippen molar-refractivity contribution in [3.8, 4) is 0 Å². The van der Waals surface area contributed by atoms with E-state index in [2.05, 4.69) is 11.6 Å². The van der Waals surface area contributed by atoms with Gasteiger partial charge in [0.2, 0.25) is 10.0 Å². The smallest absolute Gasteiger partial charge is 0.352 e. The van der Waals surface area contributed by atoms with Gasteiger partial charge in [-0.1, -0.05) is 19.1 Å². The molecule has 1 heterocycles. The molecule has 1 aromatic heterocycles. The van der Waals surface area contributed by atoms with Gasteiger partial charge in [0.15, 0.2) is 0 Å². The summed E-state index contributed by atoms with van der Waals surface area (Å²) in [4.78, 5) is 13.1. The van der Waals surface area contributed by atoms with Crippen molar-refractivity contribution in [3.63, 3.8) is 0 Å². The number of carboxylic acids is 1. The topological polar surface area (TPSA) is 90.5 Å². The first-order valence-corrected chi connectivity index (χ1v) is 6.79. The molecule has 0 radical (unpaired) electrons. The maximum Gasteiger partial charge on any atom is 0.352 e. The highest BCUT2D eigenvalue weighted by Crippen LogP contribution is 2.17. The van der Waals surface area contributed by atoms with Crippen LogP contribution in [0.1, 0.15) is 24.3 Å². The lowest BCUT2D eigenvalue weighted by molar-refractivity contribution is 0.0691. The molecule has 0 spiro atoms. The molecule has 0 bridgehead atoms. The zero-order chi connectivity index (χ0) is 13.9. The van der Waals surface area contributed by atoms with Gasteiger partial charge in [0.05, 0.1) is 0 Å².